The molecule has 0 aromatic carbocycles. The molecule has 0 aliphatic rings. The van der Waals surface area contributed by atoms with Gasteiger partial charge in [-0.1, -0.05) is 0 Å². The number of rotatable bonds is 4. The van der Waals surface area contributed by atoms with Crippen LogP contribution in [-0.4, -0.2) is 22.2 Å². The molecule has 0 aliphatic carbocycles. The SMILES string of the molecule is CC(C)(CCO)Nc1cncc(Br)c1. The molecular formula is C10H15BrN2O. The van der Waals surface area contributed by atoms with Crippen LogP contribution in [0.25, 0.3) is 0 Å². The highest BCUT2D eigenvalue weighted by atomic mass is 79.9. The van der Waals surface area contributed by atoms with E-state index in [1.54, 1.807) is 12.4 Å². The monoisotopic (exact) mass is 258 g/mol. The Hall–Kier alpha value is -0.610. The summed E-state index contributed by atoms with van der Waals surface area (Å²) in [5.41, 5.74) is 0.842. The van der Waals surface area contributed by atoms with Gasteiger partial charge in [-0.3, -0.25) is 4.98 Å². The highest BCUT2D eigenvalue weighted by Gasteiger charge is 2.16. The Labute approximate surface area is 92.7 Å². The maximum Gasteiger partial charge on any atom is 0.0542 e. The third-order valence-electron chi connectivity index (χ3n) is 1.92. The summed E-state index contributed by atoms with van der Waals surface area (Å²) in [6, 6.07) is 1.96. The summed E-state index contributed by atoms with van der Waals surface area (Å²) >= 11 is 3.36. The van der Waals surface area contributed by atoms with Crippen LogP contribution in [0.4, 0.5) is 5.69 Å². The summed E-state index contributed by atoms with van der Waals surface area (Å²) in [6.07, 6.45) is 4.22. The fourth-order valence-electron chi connectivity index (χ4n) is 1.21. The molecule has 1 heterocycles. The summed E-state index contributed by atoms with van der Waals surface area (Å²) in [7, 11) is 0. The van der Waals surface area contributed by atoms with Crippen molar-refractivity contribution in [2.45, 2.75) is 25.8 Å². The average molecular weight is 259 g/mol. The van der Waals surface area contributed by atoms with Crippen LogP contribution in [-0.2, 0) is 0 Å². The van der Waals surface area contributed by atoms with Crippen LogP contribution < -0.4 is 5.32 Å². The second-order valence-electron chi connectivity index (χ2n) is 3.87. The van der Waals surface area contributed by atoms with E-state index in [1.165, 1.54) is 0 Å². The molecule has 0 spiro atoms. The lowest BCUT2D eigenvalue weighted by atomic mass is 10.0. The number of pyridine rings is 1. The van der Waals surface area contributed by atoms with Crippen molar-refractivity contribution in [3.63, 3.8) is 0 Å². The third-order valence-corrected chi connectivity index (χ3v) is 2.36. The number of hydrogen-bond acceptors (Lipinski definition) is 3. The maximum absolute atomic E-state index is 8.87. The highest BCUT2D eigenvalue weighted by molar-refractivity contribution is 9.10. The quantitative estimate of drug-likeness (QED) is 0.872. The Balaban J connectivity index is 2.68. The molecule has 0 saturated carbocycles. The van der Waals surface area contributed by atoms with Crippen molar-refractivity contribution in [3.8, 4) is 0 Å². The number of anilines is 1. The van der Waals surface area contributed by atoms with Crippen LogP contribution in [0.1, 0.15) is 20.3 Å². The van der Waals surface area contributed by atoms with E-state index in [9.17, 15) is 0 Å². The average Bonchev–Trinajstić information content (AvgIpc) is 2.02. The van der Waals surface area contributed by atoms with Gasteiger partial charge in [0.1, 0.15) is 0 Å². The van der Waals surface area contributed by atoms with Gasteiger partial charge in [0, 0.05) is 22.8 Å². The van der Waals surface area contributed by atoms with Crippen molar-refractivity contribution in [2.75, 3.05) is 11.9 Å². The zero-order valence-corrected chi connectivity index (χ0v) is 10.0. The molecule has 4 heteroatoms. The fourth-order valence-corrected chi connectivity index (χ4v) is 1.58. The lowest BCUT2D eigenvalue weighted by Crippen LogP contribution is -2.31. The molecule has 1 rings (SSSR count). The number of halogens is 1. The Morgan fingerprint density at radius 3 is 2.79 bits per heavy atom. The van der Waals surface area contributed by atoms with Crippen LogP contribution in [0.3, 0.4) is 0 Å². The minimum Gasteiger partial charge on any atom is -0.396 e. The van der Waals surface area contributed by atoms with E-state index in [0.29, 0.717) is 6.42 Å². The van der Waals surface area contributed by atoms with Crippen molar-refractivity contribution in [1.29, 1.82) is 0 Å². The smallest absolute Gasteiger partial charge is 0.0542 e. The van der Waals surface area contributed by atoms with E-state index in [2.05, 4.69) is 26.2 Å². The van der Waals surface area contributed by atoms with Crippen molar-refractivity contribution in [1.82, 2.24) is 4.98 Å². The molecule has 0 unspecified atom stereocenters. The van der Waals surface area contributed by atoms with Gasteiger partial charge in [-0.2, -0.15) is 0 Å². The minimum absolute atomic E-state index is 0.114. The topological polar surface area (TPSA) is 45.1 Å². The molecule has 0 aliphatic heterocycles. The van der Waals surface area contributed by atoms with Crippen molar-refractivity contribution < 1.29 is 5.11 Å². The van der Waals surface area contributed by atoms with Gasteiger partial charge in [-0.25, -0.2) is 0 Å². The molecule has 78 valence electrons. The van der Waals surface area contributed by atoms with Gasteiger partial charge in [0.25, 0.3) is 0 Å². The van der Waals surface area contributed by atoms with Crippen LogP contribution >= 0.6 is 15.9 Å². The highest BCUT2D eigenvalue weighted by Crippen LogP contribution is 2.19. The van der Waals surface area contributed by atoms with E-state index in [1.807, 2.05) is 19.9 Å². The van der Waals surface area contributed by atoms with Gasteiger partial charge in [0.15, 0.2) is 0 Å². The van der Waals surface area contributed by atoms with Gasteiger partial charge in [0.05, 0.1) is 11.9 Å². The number of aromatic nitrogens is 1. The predicted octanol–water partition coefficient (Wildman–Crippen LogP) is 2.42. The normalized spacial score (nSPS) is 11.4. The van der Waals surface area contributed by atoms with Crippen LogP contribution in [0, 0.1) is 0 Å². The van der Waals surface area contributed by atoms with E-state index in [0.717, 1.165) is 10.2 Å². The van der Waals surface area contributed by atoms with Crippen molar-refractivity contribution in [2.24, 2.45) is 0 Å². The Bertz CT molecular complexity index is 302. The van der Waals surface area contributed by atoms with Crippen LogP contribution in [0.5, 0.6) is 0 Å². The minimum atomic E-state index is -0.114. The number of nitrogens with one attached hydrogen (secondary N) is 1. The van der Waals surface area contributed by atoms with E-state index in [-0.39, 0.29) is 12.1 Å². The summed E-state index contributed by atoms with van der Waals surface area (Å²) in [4.78, 5) is 4.06. The summed E-state index contributed by atoms with van der Waals surface area (Å²) in [5, 5.41) is 12.2. The summed E-state index contributed by atoms with van der Waals surface area (Å²) < 4.78 is 0.947. The first-order chi connectivity index (χ1) is 6.53. The molecule has 1 aromatic heterocycles. The molecule has 3 nitrogen and oxygen atoms in total. The molecule has 0 amide bonds. The van der Waals surface area contributed by atoms with Crippen molar-refractivity contribution in [3.05, 3.63) is 22.9 Å². The number of hydrogen-bond donors (Lipinski definition) is 2. The van der Waals surface area contributed by atoms with Gasteiger partial charge in [-0.05, 0) is 42.3 Å². The van der Waals surface area contributed by atoms with Crippen LogP contribution in [0.15, 0.2) is 22.9 Å². The van der Waals surface area contributed by atoms with Gasteiger partial charge in [0.2, 0.25) is 0 Å². The number of nitrogens with zero attached hydrogens (tertiary/aromatic N) is 1. The second kappa shape index (κ2) is 4.75. The lowest BCUT2D eigenvalue weighted by Gasteiger charge is -2.26. The first kappa shape index (κ1) is 11.5. The molecule has 0 radical (unpaired) electrons. The van der Waals surface area contributed by atoms with E-state index < -0.39 is 0 Å². The maximum atomic E-state index is 8.87. The number of aliphatic hydroxyl groups is 1. The molecule has 1 aromatic rings. The van der Waals surface area contributed by atoms with Gasteiger partial charge < -0.3 is 10.4 Å². The molecule has 14 heavy (non-hydrogen) atoms. The summed E-state index contributed by atoms with van der Waals surface area (Å²) in [5.74, 6) is 0. The third kappa shape index (κ3) is 3.64. The first-order valence-electron chi connectivity index (χ1n) is 4.53. The standard InChI is InChI=1S/C10H15BrN2O/c1-10(2,3-4-14)13-9-5-8(11)6-12-7-9/h5-7,13-14H,3-4H2,1-2H3. The van der Waals surface area contributed by atoms with E-state index in [4.69, 9.17) is 5.11 Å². The van der Waals surface area contributed by atoms with Crippen LogP contribution in [0.2, 0.25) is 0 Å². The lowest BCUT2D eigenvalue weighted by molar-refractivity contribution is 0.261. The summed E-state index contributed by atoms with van der Waals surface area (Å²) in [6.45, 7) is 4.27. The zero-order valence-electron chi connectivity index (χ0n) is 8.42. The van der Waals surface area contributed by atoms with Gasteiger partial charge >= 0.3 is 0 Å². The van der Waals surface area contributed by atoms with E-state index >= 15 is 0 Å². The second-order valence-corrected chi connectivity index (χ2v) is 4.79. The molecular weight excluding hydrogens is 244 g/mol. The zero-order chi connectivity index (χ0) is 10.6. The first-order valence-corrected chi connectivity index (χ1v) is 5.32. The molecule has 2 N–H and O–H groups in total. The Morgan fingerprint density at radius 2 is 2.21 bits per heavy atom. The number of aliphatic hydroxyl groups excluding tert-OH is 1. The fraction of sp³-hybridized carbons (Fsp3) is 0.500. The predicted molar refractivity (Wildman–Crippen MR) is 61.3 cm³/mol. The molecule has 0 fully saturated rings. The van der Waals surface area contributed by atoms with Crippen molar-refractivity contribution >= 4 is 21.6 Å². The largest absolute Gasteiger partial charge is 0.396 e. The molecule has 0 atom stereocenters. The Morgan fingerprint density at radius 1 is 1.50 bits per heavy atom. The molecule has 0 saturated heterocycles. The Kier molecular flexibility index (Phi) is 3.89. The van der Waals surface area contributed by atoms with Gasteiger partial charge in [-0.15, -0.1) is 0 Å². The molecule has 0 bridgehead atoms.